The van der Waals surface area contributed by atoms with Gasteiger partial charge in [0.05, 0.1) is 12.0 Å². The molecule has 3 heterocycles. The number of nitrogen functional groups attached to an aromatic ring is 1. The van der Waals surface area contributed by atoms with Gasteiger partial charge >= 0.3 is 0 Å². The van der Waals surface area contributed by atoms with E-state index >= 15 is 0 Å². The molecule has 4 N–H and O–H groups in total. The molecule has 0 aromatic carbocycles. The fraction of sp³-hybridized carbons (Fsp3) is 0.455. The molecule has 8 heteroatoms. The fourth-order valence-corrected chi connectivity index (χ4v) is 2.27. The van der Waals surface area contributed by atoms with Gasteiger partial charge in [-0.1, -0.05) is 0 Å². The number of ether oxygens (including phenoxy) is 1. The van der Waals surface area contributed by atoms with Crippen LogP contribution in [0, 0.1) is 0 Å². The Morgan fingerprint density at radius 2 is 2.26 bits per heavy atom. The summed E-state index contributed by atoms with van der Waals surface area (Å²) >= 11 is 0. The lowest BCUT2D eigenvalue weighted by Crippen LogP contribution is -2.30. The maximum absolute atomic E-state index is 14.0. The molecular formula is C11H13FN4O3. The van der Waals surface area contributed by atoms with E-state index in [1.165, 1.54) is 10.9 Å². The number of rotatable bonds is 2. The van der Waals surface area contributed by atoms with Crippen LogP contribution in [0.25, 0.3) is 11.0 Å². The summed E-state index contributed by atoms with van der Waals surface area (Å²) in [5, 5.41) is 19.2. The zero-order chi connectivity index (χ0) is 13.6. The molecule has 1 unspecified atom stereocenters. The summed E-state index contributed by atoms with van der Waals surface area (Å²) in [6, 6.07) is 1.65. The van der Waals surface area contributed by atoms with Gasteiger partial charge in [-0.25, -0.2) is 14.4 Å². The van der Waals surface area contributed by atoms with Gasteiger partial charge in [-0.05, 0) is 6.07 Å². The van der Waals surface area contributed by atoms with Crippen LogP contribution in [0.15, 0.2) is 18.6 Å². The molecule has 0 bridgehead atoms. The third-order valence-corrected chi connectivity index (χ3v) is 3.29. The smallest absolute Gasteiger partial charge is 0.173 e. The molecule has 0 saturated carbocycles. The highest BCUT2D eigenvalue weighted by molar-refractivity contribution is 5.86. The van der Waals surface area contributed by atoms with Crippen molar-refractivity contribution in [1.82, 2.24) is 14.5 Å². The molecule has 0 aliphatic carbocycles. The third-order valence-electron chi connectivity index (χ3n) is 3.29. The van der Waals surface area contributed by atoms with Gasteiger partial charge in [-0.15, -0.1) is 0 Å². The summed E-state index contributed by atoms with van der Waals surface area (Å²) in [5.41, 5.74) is 6.12. The summed E-state index contributed by atoms with van der Waals surface area (Å²) in [5.74, 6) is 0.288. The van der Waals surface area contributed by atoms with Crippen molar-refractivity contribution in [2.75, 3.05) is 12.3 Å². The van der Waals surface area contributed by atoms with Crippen LogP contribution in [0.3, 0.4) is 0 Å². The summed E-state index contributed by atoms with van der Waals surface area (Å²) in [4.78, 5) is 7.88. The molecule has 1 fully saturated rings. The minimum atomic E-state index is -1.65. The second kappa shape index (κ2) is 4.41. The molecule has 2 aromatic rings. The summed E-state index contributed by atoms with van der Waals surface area (Å²) in [7, 11) is 0. The maximum atomic E-state index is 14.0. The Kier molecular flexibility index (Phi) is 2.85. The van der Waals surface area contributed by atoms with Gasteiger partial charge in [0.25, 0.3) is 0 Å². The average molecular weight is 268 g/mol. The highest BCUT2D eigenvalue weighted by Gasteiger charge is 2.45. The standard InChI is InChI=1S/C11H13FN4O3/c12-7-8(18)6(3-17)19-11(7)16-2-1-5-9(13)14-4-15-10(5)16/h1-2,4,6-8,11,17-18H,3H2,(H2,13,14,15)/t6-,7+,8?,11-/m1/s1. The van der Waals surface area contributed by atoms with Crippen molar-refractivity contribution in [1.29, 1.82) is 0 Å². The van der Waals surface area contributed by atoms with Crippen molar-refractivity contribution in [2.45, 2.75) is 24.6 Å². The molecule has 4 atom stereocenters. The Labute approximate surface area is 107 Å². The Morgan fingerprint density at radius 3 is 2.95 bits per heavy atom. The van der Waals surface area contributed by atoms with Gasteiger partial charge in [0.1, 0.15) is 30.0 Å². The van der Waals surface area contributed by atoms with Crippen molar-refractivity contribution in [3.05, 3.63) is 18.6 Å². The average Bonchev–Trinajstić information content (AvgIpc) is 2.94. The highest BCUT2D eigenvalue weighted by atomic mass is 19.1. The predicted molar refractivity (Wildman–Crippen MR) is 63.8 cm³/mol. The number of halogens is 1. The number of nitrogens with two attached hydrogens (primary N) is 1. The van der Waals surface area contributed by atoms with E-state index in [1.54, 1.807) is 12.3 Å². The second-order valence-corrected chi connectivity index (χ2v) is 4.40. The lowest BCUT2D eigenvalue weighted by atomic mass is 10.1. The molecule has 0 spiro atoms. The van der Waals surface area contributed by atoms with Gasteiger partial charge in [0.15, 0.2) is 12.4 Å². The van der Waals surface area contributed by atoms with E-state index in [2.05, 4.69) is 9.97 Å². The number of fused-ring (bicyclic) bond motifs is 1. The molecule has 7 nitrogen and oxygen atoms in total. The van der Waals surface area contributed by atoms with Crippen molar-refractivity contribution < 1.29 is 19.3 Å². The lowest BCUT2D eigenvalue weighted by Gasteiger charge is -2.15. The number of nitrogens with zero attached hydrogens (tertiary/aromatic N) is 3. The molecule has 1 aliphatic rings. The molecule has 0 amide bonds. The predicted octanol–water partition coefficient (Wildman–Crippen LogP) is -0.398. The van der Waals surface area contributed by atoms with Crippen LogP contribution in [0.1, 0.15) is 6.23 Å². The van der Waals surface area contributed by atoms with Crippen molar-refractivity contribution in [2.24, 2.45) is 0 Å². The Bertz CT molecular complexity index is 605. The fourth-order valence-electron chi connectivity index (χ4n) is 2.27. The van der Waals surface area contributed by atoms with Crippen LogP contribution in [-0.2, 0) is 4.74 Å². The van der Waals surface area contributed by atoms with Crippen molar-refractivity contribution >= 4 is 16.9 Å². The van der Waals surface area contributed by atoms with Crippen LogP contribution in [0.2, 0.25) is 0 Å². The number of hydrogen-bond acceptors (Lipinski definition) is 6. The maximum Gasteiger partial charge on any atom is 0.173 e. The number of aliphatic hydroxyl groups is 2. The first-order valence-electron chi connectivity index (χ1n) is 5.79. The summed E-state index contributed by atoms with van der Waals surface area (Å²) < 4.78 is 20.8. The molecular weight excluding hydrogens is 255 g/mol. The van der Waals surface area contributed by atoms with Crippen molar-refractivity contribution in [3.63, 3.8) is 0 Å². The van der Waals surface area contributed by atoms with E-state index in [9.17, 15) is 9.50 Å². The number of alkyl halides is 1. The van der Waals surface area contributed by atoms with Gasteiger partial charge in [-0.3, -0.25) is 0 Å². The van der Waals surface area contributed by atoms with E-state index in [-0.39, 0.29) is 5.82 Å². The van der Waals surface area contributed by atoms with E-state index in [0.29, 0.717) is 11.0 Å². The molecule has 1 aliphatic heterocycles. The number of anilines is 1. The zero-order valence-electron chi connectivity index (χ0n) is 9.85. The number of aliphatic hydroxyl groups excluding tert-OH is 2. The second-order valence-electron chi connectivity index (χ2n) is 4.40. The first kappa shape index (κ1) is 12.3. The first-order chi connectivity index (χ1) is 9.13. The minimum Gasteiger partial charge on any atom is -0.394 e. The minimum absolute atomic E-state index is 0.288. The van der Waals surface area contributed by atoms with Crippen LogP contribution in [-0.4, -0.2) is 49.7 Å². The Morgan fingerprint density at radius 1 is 1.47 bits per heavy atom. The third kappa shape index (κ3) is 1.76. The molecule has 102 valence electrons. The first-order valence-corrected chi connectivity index (χ1v) is 5.79. The van der Waals surface area contributed by atoms with Crippen LogP contribution in [0.4, 0.5) is 10.2 Å². The van der Waals surface area contributed by atoms with Gasteiger partial charge in [0.2, 0.25) is 0 Å². The molecule has 19 heavy (non-hydrogen) atoms. The van der Waals surface area contributed by atoms with Crippen LogP contribution in [0.5, 0.6) is 0 Å². The number of aromatic nitrogens is 3. The van der Waals surface area contributed by atoms with E-state index in [4.69, 9.17) is 15.6 Å². The summed E-state index contributed by atoms with van der Waals surface area (Å²) in [6.07, 6.45) is -2.17. The summed E-state index contributed by atoms with van der Waals surface area (Å²) in [6.45, 7) is -0.450. The highest BCUT2D eigenvalue weighted by Crippen LogP contribution is 2.34. The Hall–Kier alpha value is -1.77. The lowest BCUT2D eigenvalue weighted by molar-refractivity contribution is -0.0457. The van der Waals surface area contributed by atoms with Gasteiger partial charge in [-0.2, -0.15) is 0 Å². The van der Waals surface area contributed by atoms with Gasteiger partial charge in [0, 0.05) is 6.20 Å². The molecule has 1 saturated heterocycles. The van der Waals surface area contributed by atoms with E-state index in [0.717, 1.165) is 0 Å². The topological polar surface area (TPSA) is 106 Å². The van der Waals surface area contributed by atoms with Crippen LogP contribution < -0.4 is 5.73 Å². The van der Waals surface area contributed by atoms with E-state index in [1.807, 2.05) is 0 Å². The molecule has 2 aromatic heterocycles. The van der Waals surface area contributed by atoms with Gasteiger partial charge < -0.3 is 25.3 Å². The zero-order valence-corrected chi connectivity index (χ0v) is 9.85. The van der Waals surface area contributed by atoms with E-state index < -0.39 is 31.2 Å². The Balaban J connectivity index is 2.04. The normalized spacial score (nSPS) is 31.1. The molecule has 3 rings (SSSR count). The van der Waals surface area contributed by atoms with Crippen LogP contribution >= 0.6 is 0 Å². The van der Waals surface area contributed by atoms with Crippen molar-refractivity contribution in [3.8, 4) is 0 Å². The quantitative estimate of drug-likeness (QED) is 0.684. The number of hydrogen-bond donors (Lipinski definition) is 3. The SMILES string of the molecule is Nc1ncnc2c1ccn2[C@@H]1O[C@H](CO)C(O)[C@@H]1F. The molecule has 0 radical (unpaired) electrons. The largest absolute Gasteiger partial charge is 0.394 e. The monoisotopic (exact) mass is 268 g/mol.